The molecule has 0 radical (unpaired) electrons. The zero-order valence-electron chi connectivity index (χ0n) is 13.2. The molecule has 3 amide bonds. The summed E-state index contributed by atoms with van der Waals surface area (Å²) in [6.07, 6.45) is -0.967. The molecule has 0 heterocycles. The van der Waals surface area contributed by atoms with Gasteiger partial charge in [-0.1, -0.05) is 12.1 Å². The predicted octanol–water partition coefficient (Wildman–Crippen LogP) is 3.06. The monoisotopic (exact) mass is 293 g/mol. The van der Waals surface area contributed by atoms with Gasteiger partial charge in [0.15, 0.2) is 0 Å². The average Bonchev–Trinajstić information content (AvgIpc) is 2.34. The molecule has 0 saturated carbocycles. The maximum atomic E-state index is 11.6. The first kappa shape index (κ1) is 16.8. The van der Waals surface area contributed by atoms with E-state index in [9.17, 15) is 14.7 Å². The Morgan fingerprint density at radius 1 is 1.24 bits per heavy atom. The number of nitrogens with zero attached hydrogens (tertiary/aromatic N) is 2. The van der Waals surface area contributed by atoms with E-state index in [2.05, 4.69) is 5.32 Å². The number of urea groups is 1. The normalized spacial score (nSPS) is 10.9. The summed E-state index contributed by atoms with van der Waals surface area (Å²) in [5.41, 5.74) is 0.976. The number of amides is 3. The van der Waals surface area contributed by atoms with E-state index in [-0.39, 0.29) is 12.6 Å². The highest BCUT2D eigenvalue weighted by molar-refractivity contribution is 5.88. The quantitative estimate of drug-likeness (QED) is 0.899. The molecule has 0 aromatic heterocycles. The van der Waals surface area contributed by atoms with Gasteiger partial charge in [-0.25, -0.2) is 9.59 Å². The molecule has 1 aromatic rings. The van der Waals surface area contributed by atoms with Crippen molar-refractivity contribution in [3.63, 3.8) is 0 Å². The Morgan fingerprint density at radius 2 is 1.86 bits per heavy atom. The first-order valence-corrected chi connectivity index (χ1v) is 6.69. The second-order valence-electron chi connectivity index (χ2n) is 6.06. The summed E-state index contributed by atoms with van der Waals surface area (Å²) in [4.78, 5) is 25.8. The highest BCUT2D eigenvalue weighted by atomic mass is 16.4. The van der Waals surface area contributed by atoms with Gasteiger partial charge in [-0.05, 0) is 38.5 Å². The van der Waals surface area contributed by atoms with E-state index in [4.69, 9.17) is 0 Å². The SMILES string of the molecule is CN(C)C(=O)Nc1cccc(CN(C(=O)O)C(C)(C)C)c1. The van der Waals surface area contributed by atoms with Gasteiger partial charge in [-0.15, -0.1) is 0 Å². The third kappa shape index (κ3) is 4.98. The van der Waals surface area contributed by atoms with Crippen LogP contribution in [0.15, 0.2) is 24.3 Å². The first-order chi connectivity index (χ1) is 9.61. The van der Waals surface area contributed by atoms with Crippen molar-refractivity contribution in [3.05, 3.63) is 29.8 Å². The van der Waals surface area contributed by atoms with Crippen LogP contribution in [0.4, 0.5) is 15.3 Å². The van der Waals surface area contributed by atoms with Crippen molar-refractivity contribution in [2.75, 3.05) is 19.4 Å². The van der Waals surface area contributed by atoms with Crippen LogP contribution in [0.25, 0.3) is 0 Å². The predicted molar refractivity (Wildman–Crippen MR) is 82.5 cm³/mol. The Bertz CT molecular complexity index is 521. The third-order valence-electron chi connectivity index (χ3n) is 2.97. The Kier molecular flexibility index (Phi) is 5.18. The molecule has 6 nitrogen and oxygen atoms in total. The van der Waals surface area contributed by atoms with Crippen molar-refractivity contribution < 1.29 is 14.7 Å². The van der Waals surface area contributed by atoms with Gasteiger partial charge < -0.3 is 15.3 Å². The van der Waals surface area contributed by atoms with Crippen molar-refractivity contribution in [2.24, 2.45) is 0 Å². The lowest BCUT2D eigenvalue weighted by Gasteiger charge is -2.33. The van der Waals surface area contributed by atoms with Crippen molar-refractivity contribution in [3.8, 4) is 0 Å². The van der Waals surface area contributed by atoms with Crippen LogP contribution >= 0.6 is 0 Å². The summed E-state index contributed by atoms with van der Waals surface area (Å²) < 4.78 is 0. The maximum Gasteiger partial charge on any atom is 0.408 e. The van der Waals surface area contributed by atoms with Gasteiger partial charge in [0.05, 0.1) is 0 Å². The summed E-state index contributed by atoms with van der Waals surface area (Å²) in [6, 6.07) is 6.96. The van der Waals surface area contributed by atoms with E-state index in [1.54, 1.807) is 32.3 Å². The minimum Gasteiger partial charge on any atom is -0.465 e. The van der Waals surface area contributed by atoms with Gasteiger partial charge in [0.2, 0.25) is 0 Å². The molecule has 0 atom stereocenters. The molecule has 0 aliphatic rings. The fraction of sp³-hybridized carbons (Fsp3) is 0.467. The summed E-state index contributed by atoms with van der Waals surface area (Å²) in [6.45, 7) is 5.81. The van der Waals surface area contributed by atoms with Crippen LogP contribution in [0, 0.1) is 0 Å². The number of carbonyl (C=O) groups is 2. The molecule has 0 spiro atoms. The fourth-order valence-corrected chi connectivity index (χ4v) is 1.76. The van der Waals surface area contributed by atoms with Crippen molar-refractivity contribution in [1.29, 1.82) is 0 Å². The van der Waals surface area contributed by atoms with E-state index in [1.165, 1.54) is 9.80 Å². The second kappa shape index (κ2) is 6.47. The van der Waals surface area contributed by atoms with Crippen LogP contribution in [0.2, 0.25) is 0 Å². The molecule has 1 aromatic carbocycles. The Morgan fingerprint density at radius 3 is 2.33 bits per heavy atom. The molecule has 0 fully saturated rings. The molecule has 0 aliphatic heterocycles. The van der Waals surface area contributed by atoms with Gasteiger partial charge in [-0.3, -0.25) is 4.90 Å². The third-order valence-corrected chi connectivity index (χ3v) is 2.97. The van der Waals surface area contributed by atoms with Crippen molar-refractivity contribution >= 4 is 17.8 Å². The minimum atomic E-state index is -0.967. The maximum absolute atomic E-state index is 11.6. The van der Waals surface area contributed by atoms with Crippen molar-refractivity contribution in [2.45, 2.75) is 32.9 Å². The molecule has 0 unspecified atom stereocenters. The summed E-state index contributed by atoms with van der Waals surface area (Å²) in [7, 11) is 3.32. The number of hydrogen-bond donors (Lipinski definition) is 2. The molecule has 1 rings (SSSR count). The molecule has 6 heteroatoms. The van der Waals surface area contributed by atoms with E-state index < -0.39 is 11.6 Å². The van der Waals surface area contributed by atoms with Gasteiger partial charge in [-0.2, -0.15) is 0 Å². The molecule has 2 N–H and O–H groups in total. The zero-order chi connectivity index (χ0) is 16.2. The Balaban J connectivity index is 2.90. The second-order valence-corrected chi connectivity index (χ2v) is 6.06. The molecular weight excluding hydrogens is 270 g/mol. The Hall–Kier alpha value is -2.24. The van der Waals surface area contributed by atoms with E-state index >= 15 is 0 Å². The largest absolute Gasteiger partial charge is 0.465 e. The van der Waals surface area contributed by atoms with Gasteiger partial charge in [0.25, 0.3) is 0 Å². The average molecular weight is 293 g/mol. The van der Waals surface area contributed by atoms with E-state index in [0.29, 0.717) is 5.69 Å². The Labute approximate surface area is 125 Å². The molecule has 116 valence electrons. The molecule has 0 aliphatic carbocycles. The number of anilines is 1. The fourth-order valence-electron chi connectivity index (χ4n) is 1.76. The molecular formula is C15H23N3O3. The summed E-state index contributed by atoms with van der Waals surface area (Å²) in [5.74, 6) is 0. The van der Waals surface area contributed by atoms with Crippen LogP contribution in [0.3, 0.4) is 0 Å². The number of carbonyl (C=O) groups excluding carboxylic acids is 1. The van der Waals surface area contributed by atoms with Crippen LogP contribution in [0.5, 0.6) is 0 Å². The van der Waals surface area contributed by atoms with Crippen LogP contribution in [-0.4, -0.2) is 46.7 Å². The molecule has 0 saturated heterocycles. The number of rotatable bonds is 3. The standard InChI is InChI=1S/C15H23N3O3/c1-15(2,3)18(14(20)21)10-11-7-6-8-12(9-11)16-13(19)17(4)5/h6-9H,10H2,1-5H3,(H,16,19)(H,20,21). The zero-order valence-corrected chi connectivity index (χ0v) is 13.2. The number of nitrogens with one attached hydrogen (secondary N) is 1. The minimum absolute atomic E-state index is 0.224. The lowest BCUT2D eigenvalue weighted by Crippen LogP contribution is -2.44. The smallest absolute Gasteiger partial charge is 0.408 e. The number of hydrogen-bond acceptors (Lipinski definition) is 2. The summed E-state index contributed by atoms with van der Waals surface area (Å²) in [5, 5.41) is 12.1. The lowest BCUT2D eigenvalue weighted by molar-refractivity contribution is 0.0955. The first-order valence-electron chi connectivity index (χ1n) is 6.69. The van der Waals surface area contributed by atoms with Gasteiger partial charge in [0, 0.05) is 31.9 Å². The topological polar surface area (TPSA) is 72.9 Å². The lowest BCUT2D eigenvalue weighted by atomic mass is 10.1. The highest BCUT2D eigenvalue weighted by Gasteiger charge is 2.26. The molecule has 0 bridgehead atoms. The number of benzene rings is 1. The van der Waals surface area contributed by atoms with Crippen LogP contribution in [0.1, 0.15) is 26.3 Å². The van der Waals surface area contributed by atoms with Crippen LogP contribution < -0.4 is 5.32 Å². The van der Waals surface area contributed by atoms with E-state index in [1.807, 2.05) is 26.8 Å². The highest BCUT2D eigenvalue weighted by Crippen LogP contribution is 2.19. The van der Waals surface area contributed by atoms with Gasteiger partial charge >= 0.3 is 12.1 Å². The summed E-state index contributed by atoms with van der Waals surface area (Å²) >= 11 is 0. The number of carboxylic acid groups (broad SMARTS) is 1. The molecule has 21 heavy (non-hydrogen) atoms. The van der Waals surface area contributed by atoms with Crippen molar-refractivity contribution in [1.82, 2.24) is 9.80 Å². The van der Waals surface area contributed by atoms with E-state index in [0.717, 1.165) is 5.56 Å². The van der Waals surface area contributed by atoms with Gasteiger partial charge in [0.1, 0.15) is 0 Å². The van der Waals surface area contributed by atoms with Crippen LogP contribution in [-0.2, 0) is 6.54 Å².